The second-order valence-electron chi connectivity index (χ2n) is 9.98. The molecule has 4 aromatic rings. The highest BCUT2D eigenvalue weighted by Gasteiger charge is 2.57. The van der Waals surface area contributed by atoms with Gasteiger partial charge in [-0.1, -0.05) is 97.1 Å². The number of ether oxygens (including phenoxy) is 1. The van der Waals surface area contributed by atoms with Crippen LogP contribution in [0.15, 0.2) is 109 Å². The van der Waals surface area contributed by atoms with E-state index in [2.05, 4.69) is 72.8 Å². The number of carbonyl (C=O) groups is 1. The number of alkyl halides is 1. The van der Waals surface area contributed by atoms with Gasteiger partial charge in [-0.15, -0.1) is 11.6 Å². The van der Waals surface area contributed by atoms with Crippen LogP contribution in [0.1, 0.15) is 24.0 Å². The lowest BCUT2D eigenvalue weighted by Gasteiger charge is -2.36. The van der Waals surface area contributed by atoms with Crippen molar-refractivity contribution in [2.24, 2.45) is 17.3 Å². The van der Waals surface area contributed by atoms with Gasteiger partial charge in [0, 0.05) is 11.4 Å². The van der Waals surface area contributed by atoms with Crippen molar-refractivity contribution < 1.29 is 9.53 Å². The zero-order valence-electron chi connectivity index (χ0n) is 20.2. The SMILES string of the molecule is O=C(OCc1c2ccccc2cc2ccccc12)[C@]1(Cc2ccccc2)/C(=C/CCCl)[C@@H]2C=C[C@H]1C2. The van der Waals surface area contributed by atoms with Crippen LogP contribution in [0.2, 0.25) is 0 Å². The van der Waals surface area contributed by atoms with Gasteiger partial charge in [0.15, 0.2) is 0 Å². The van der Waals surface area contributed by atoms with E-state index in [1.807, 2.05) is 30.3 Å². The lowest BCUT2D eigenvalue weighted by Crippen LogP contribution is -2.40. The van der Waals surface area contributed by atoms with Crippen molar-refractivity contribution in [3.63, 3.8) is 0 Å². The predicted octanol–water partition coefficient (Wildman–Crippen LogP) is 8.03. The van der Waals surface area contributed by atoms with E-state index in [1.165, 1.54) is 5.57 Å². The molecule has 2 aliphatic rings. The fraction of sp³-hybridized carbons (Fsp3) is 0.242. The van der Waals surface area contributed by atoms with Crippen LogP contribution in [0.25, 0.3) is 21.5 Å². The summed E-state index contributed by atoms with van der Waals surface area (Å²) in [5.74, 6) is 0.846. The number of fused-ring (bicyclic) bond motifs is 4. The molecule has 2 bridgehead atoms. The molecular formula is C33H29ClO2. The van der Waals surface area contributed by atoms with Gasteiger partial charge in [-0.3, -0.25) is 4.79 Å². The second kappa shape index (κ2) is 9.59. The van der Waals surface area contributed by atoms with Crippen LogP contribution in [0.5, 0.6) is 0 Å². The Balaban J connectivity index is 1.40. The smallest absolute Gasteiger partial charge is 0.317 e. The highest BCUT2D eigenvalue weighted by atomic mass is 35.5. The van der Waals surface area contributed by atoms with E-state index in [-0.39, 0.29) is 24.4 Å². The quantitative estimate of drug-likeness (QED) is 0.113. The van der Waals surface area contributed by atoms with E-state index in [1.54, 1.807) is 0 Å². The van der Waals surface area contributed by atoms with E-state index in [9.17, 15) is 4.79 Å². The van der Waals surface area contributed by atoms with Crippen molar-refractivity contribution in [1.29, 1.82) is 0 Å². The molecule has 0 aliphatic heterocycles. The number of esters is 1. The summed E-state index contributed by atoms with van der Waals surface area (Å²) < 4.78 is 6.32. The number of hydrogen-bond donors (Lipinski definition) is 0. The molecule has 0 heterocycles. The largest absolute Gasteiger partial charge is 0.460 e. The van der Waals surface area contributed by atoms with Gasteiger partial charge < -0.3 is 4.74 Å². The van der Waals surface area contributed by atoms with Gasteiger partial charge in [0.05, 0.1) is 5.41 Å². The first kappa shape index (κ1) is 23.1. The highest BCUT2D eigenvalue weighted by molar-refractivity contribution is 6.17. The number of carbonyl (C=O) groups excluding carboxylic acids is 1. The fourth-order valence-corrected chi connectivity index (χ4v) is 6.52. The van der Waals surface area contributed by atoms with Gasteiger partial charge in [0.2, 0.25) is 0 Å². The third kappa shape index (κ3) is 3.85. The Bertz CT molecular complexity index is 1430. The molecule has 4 aromatic carbocycles. The van der Waals surface area contributed by atoms with E-state index < -0.39 is 5.41 Å². The normalized spacial score (nSPS) is 23.6. The van der Waals surface area contributed by atoms with Crippen LogP contribution in [0.3, 0.4) is 0 Å². The Kier molecular flexibility index (Phi) is 6.15. The van der Waals surface area contributed by atoms with Crippen molar-refractivity contribution in [3.05, 3.63) is 120 Å². The topological polar surface area (TPSA) is 26.3 Å². The van der Waals surface area contributed by atoms with Gasteiger partial charge in [-0.2, -0.15) is 0 Å². The van der Waals surface area contributed by atoms with E-state index in [0.29, 0.717) is 12.3 Å². The molecular weight excluding hydrogens is 464 g/mol. The van der Waals surface area contributed by atoms with Crippen LogP contribution < -0.4 is 0 Å². The monoisotopic (exact) mass is 492 g/mol. The number of allylic oxidation sites excluding steroid dienone is 3. The molecule has 0 unspecified atom stereocenters. The van der Waals surface area contributed by atoms with E-state index in [4.69, 9.17) is 16.3 Å². The lowest BCUT2D eigenvalue weighted by molar-refractivity contribution is -0.156. The zero-order valence-corrected chi connectivity index (χ0v) is 21.0. The second-order valence-corrected chi connectivity index (χ2v) is 10.4. The Labute approximate surface area is 217 Å². The molecule has 1 fully saturated rings. The first-order valence-electron chi connectivity index (χ1n) is 12.8. The molecule has 3 atom stereocenters. The third-order valence-corrected chi connectivity index (χ3v) is 8.24. The first-order chi connectivity index (χ1) is 17.7. The van der Waals surface area contributed by atoms with Gasteiger partial charge >= 0.3 is 5.97 Å². The Hall–Kier alpha value is -3.36. The van der Waals surface area contributed by atoms with Gasteiger partial charge in [-0.05, 0) is 69.8 Å². The van der Waals surface area contributed by atoms with Crippen molar-refractivity contribution in [1.82, 2.24) is 0 Å². The van der Waals surface area contributed by atoms with Crippen molar-refractivity contribution in [3.8, 4) is 0 Å². The summed E-state index contributed by atoms with van der Waals surface area (Å²) in [6, 6.07) is 29.2. The summed E-state index contributed by atoms with van der Waals surface area (Å²) in [5.41, 5.74) is 2.72. The number of halogens is 1. The summed E-state index contributed by atoms with van der Waals surface area (Å²) >= 11 is 6.09. The number of hydrogen-bond acceptors (Lipinski definition) is 2. The molecule has 0 amide bonds. The van der Waals surface area contributed by atoms with Gasteiger partial charge in [0.25, 0.3) is 0 Å². The standard InChI is InChI=1S/C33H29ClO2/c34-18-8-15-31-26-16-17-27(20-26)33(31,21-23-9-2-1-3-10-23)32(35)36-22-30-28-13-6-4-11-24(28)19-25-12-5-7-14-29(25)30/h1-7,9-17,19,26-27H,8,18,20-22H2/b31-15+/t26-,27+,33+/m1/s1. The molecule has 2 nitrogen and oxygen atoms in total. The van der Waals surface area contributed by atoms with Gasteiger partial charge in [-0.25, -0.2) is 0 Å². The average Bonchev–Trinajstić information content (AvgIpc) is 3.51. The minimum Gasteiger partial charge on any atom is -0.460 e. The molecule has 0 saturated heterocycles. The molecule has 2 aliphatic carbocycles. The molecule has 6 rings (SSSR count). The highest BCUT2D eigenvalue weighted by Crippen LogP contribution is 2.58. The minimum atomic E-state index is -0.687. The summed E-state index contributed by atoms with van der Waals surface area (Å²) in [5, 5.41) is 4.58. The van der Waals surface area contributed by atoms with Gasteiger partial charge in [0.1, 0.15) is 6.61 Å². The Morgan fingerprint density at radius 2 is 1.58 bits per heavy atom. The maximum atomic E-state index is 14.3. The molecule has 180 valence electrons. The van der Waals surface area contributed by atoms with Crippen LogP contribution in [-0.4, -0.2) is 11.8 Å². The molecule has 0 spiro atoms. The predicted molar refractivity (Wildman–Crippen MR) is 148 cm³/mol. The molecule has 0 N–H and O–H groups in total. The lowest BCUT2D eigenvalue weighted by atomic mass is 9.68. The van der Waals surface area contributed by atoms with Crippen molar-refractivity contribution in [2.45, 2.75) is 25.9 Å². The van der Waals surface area contributed by atoms with Crippen LogP contribution >= 0.6 is 11.6 Å². The summed E-state index contributed by atoms with van der Waals surface area (Å²) in [7, 11) is 0. The first-order valence-corrected chi connectivity index (χ1v) is 13.3. The van der Waals surface area contributed by atoms with Crippen molar-refractivity contribution in [2.75, 3.05) is 5.88 Å². The molecule has 0 aromatic heterocycles. The number of rotatable bonds is 7. The van der Waals surface area contributed by atoms with Crippen LogP contribution in [0, 0.1) is 17.3 Å². The summed E-state index contributed by atoms with van der Waals surface area (Å²) in [6.07, 6.45) is 9.07. The zero-order chi connectivity index (χ0) is 24.5. The maximum absolute atomic E-state index is 14.3. The van der Waals surface area contributed by atoms with Crippen molar-refractivity contribution >= 4 is 39.1 Å². The Morgan fingerprint density at radius 3 is 2.28 bits per heavy atom. The number of benzene rings is 4. The van der Waals surface area contributed by atoms with E-state index >= 15 is 0 Å². The maximum Gasteiger partial charge on any atom is 0.317 e. The minimum absolute atomic E-state index is 0.124. The fourth-order valence-electron chi connectivity index (χ4n) is 6.41. The summed E-state index contributed by atoms with van der Waals surface area (Å²) in [6.45, 7) is 0.251. The Morgan fingerprint density at radius 1 is 0.917 bits per heavy atom. The van der Waals surface area contributed by atoms with E-state index in [0.717, 1.165) is 45.5 Å². The van der Waals surface area contributed by atoms with Crippen LogP contribution in [0.4, 0.5) is 0 Å². The molecule has 0 radical (unpaired) electrons. The van der Waals surface area contributed by atoms with Crippen LogP contribution in [-0.2, 0) is 22.6 Å². The average molecular weight is 493 g/mol. The molecule has 3 heteroatoms. The summed E-state index contributed by atoms with van der Waals surface area (Å²) in [4.78, 5) is 14.3. The third-order valence-electron chi connectivity index (χ3n) is 8.02. The molecule has 1 saturated carbocycles. The molecule has 36 heavy (non-hydrogen) atoms.